The molecule has 0 saturated heterocycles. The molecule has 1 N–H and O–H groups in total. The van der Waals surface area contributed by atoms with E-state index in [-0.39, 0.29) is 18.8 Å². The van der Waals surface area contributed by atoms with E-state index in [9.17, 15) is 18.0 Å². The largest absolute Gasteiger partial charge is 0.493 e. The third-order valence-corrected chi connectivity index (χ3v) is 4.55. The maximum absolute atomic E-state index is 12.1. The summed E-state index contributed by atoms with van der Waals surface area (Å²) in [6.45, 7) is -0.385. The minimum atomic E-state index is -3.39. The molecule has 8 nitrogen and oxygen atoms in total. The second-order valence-electron chi connectivity index (χ2n) is 6.22. The quantitative estimate of drug-likeness (QED) is 0.464. The van der Waals surface area contributed by atoms with Gasteiger partial charge < -0.3 is 14.2 Å². The van der Waals surface area contributed by atoms with E-state index >= 15 is 0 Å². The van der Waals surface area contributed by atoms with E-state index < -0.39 is 16.0 Å². The van der Waals surface area contributed by atoms with Gasteiger partial charge in [0.05, 0.1) is 20.5 Å². The first-order valence-electron chi connectivity index (χ1n) is 8.69. The van der Waals surface area contributed by atoms with Gasteiger partial charge in [-0.15, -0.1) is 0 Å². The van der Waals surface area contributed by atoms with Gasteiger partial charge in [-0.25, -0.2) is 8.42 Å². The highest BCUT2D eigenvalue weighted by Gasteiger charge is 2.12. The van der Waals surface area contributed by atoms with Crippen molar-refractivity contribution in [1.29, 1.82) is 0 Å². The predicted octanol–water partition coefficient (Wildman–Crippen LogP) is 2.43. The van der Waals surface area contributed by atoms with Crippen molar-refractivity contribution >= 4 is 27.5 Å². The number of carbonyl (C=O) groups is 2. The number of hydrogen-bond acceptors (Lipinski definition) is 7. The minimum absolute atomic E-state index is 0.111. The maximum Gasteiger partial charge on any atom is 0.306 e. The molecule has 9 heteroatoms. The van der Waals surface area contributed by atoms with E-state index in [4.69, 9.17) is 14.2 Å². The van der Waals surface area contributed by atoms with E-state index in [1.165, 1.54) is 31.4 Å². The van der Waals surface area contributed by atoms with Crippen LogP contribution >= 0.6 is 0 Å². The van der Waals surface area contributed by atoms with Crippen LogP contribution in [0.1, 0.15) is 22.3 Å². The second kappa shape index (κ2) is 9.92. The predicted molar refractivity (Wildman–Crippen MR) is 108 cm³/mol. The highest BCUT2D eigenvalue weighted by Crippen LogP contribution is 2.28. The van der Waals surface area contributed by atoms with Gasteiger partial charge in [0.15, 0.2) is 23.9 Å². The molecule has 29 heavy (non-hydrogen) atoms. The van der Waals surface area contributed by atoms with Crippen molar-refractivity contribution < 1.29 is 32.2 Å². The van der Waals surface area contributed by atoms with Crippen molar-refractivity contribution in [3.8, 4) is 11.5 Å². The number of nitrogens with one attached hydrogen (secondary N) is 1. The summed E-state index contributed by atoms with van der Waals surface area (Å²) in [5, 5.41) is 0. The molecule has 0 aromatic heterocycles. The van der Waals surface area contributed by atoms with Crippen LogP contribution in [0.2, 0.25) is 0 Å². The first kappa shape index (κ1) is 22.2. The number of hydrogen-bond donors (Lipinski definition) is 1. The van der Waals surface area contributed by atoms with Crippen LogP contribution in [0, 0.1) is 0 Å². The first-order chi connectivity index (χ1) is 13.7. The smallest absolute Gasteiger partial charge is 0.306 e. The average molecular weight is 421 g/mol. The van der Waals surface area contributed by atoms with Crippen LogP contribution in [-0.4, -0.2) is 47.3 Å². The van der Waals surface area contributed by atoms with Crippen LogP contribution < -0.4 is 14.2 Å². The molecule has 0 aliphatic carbocycles. The van der Waals surface area contributed by atoms with Crippen molar-refractivity contribution in [2.24, 2.45) is 0 Å². The molecular weight excluding hydrogens is 398 g/mol. The lowest BCUT2D eigenvalue weighted by Gasteiger charge is -2.09. The molecule has 2 rings (SSSR count). The normalized spacial score (nSPS) is 10.9. The fourth-order valence-corrected chi connectivity index (χ4v) is 3.09. The zero-order valence-electron chi connectivity index (χ0n) is 16.4. The number of rotatable bonds is 10. The Morgan fingerprint density at radius 1 is 0.966 bits per heavy atom. The Balaban J connectivity index is 1.83. The van der Waals surface area contributed by atoms with Crippen molar-refractivity contribution in [1.82, 2.24) is 0 Å². The van der Waals surface area contributed by atoms with Gasteiger partial charge >= 0.3 is 5.97 Å². The number of methoxy groups -OCH3 is 2. The molecule has 0 radical (unpaired) electrons. The number of anilines is 1. The molecule has 0 spiro atoms. The van der Waals surface area contributed by atoms with Gasteiger partial charge in [0.1, 0.15) is 0 Å². The van der Waals surface area contributed by atoms with Gasteiger partial charge in [-0.3, -0.25) is 14.3 Å². The SMILES string of the molecule is COc1ccc(CCC(=O)OCC(=O)c2ccc(NS(C)(=O)=O)cc2)cc1OC. The number of aryl methyl sites for hydroxylation is 1. The Morgan fingerprint density at radius 3 is 2.21 bits per heavy atom. The lowest BCUT2D eigenvalue weighted by atomic mass is 10.1. The molecule has 2 aromatic carbocycles. The van der Waals surface area contributed by atoms with E-state index in [1.54, 1.807) is 19.2 Å². The summed E-state index contributed by atoms with van der Waals surface area (Å²) in [5.74, 6) is 0.295. The zero-order valence-corrected chi connectivity index (χ0v) is 17.2. The van der Waals surface area contributed by atoms with Crippen molar-refractivity contribution in [3.63, 3.8) is 0 Å². The first-order valence-corrected chi connectivity index (χ1v) is 10.6. The summed E-state index contributed by atoms with van der Waals surface area (Å²) >= 11 is 0. The van der Waals surface area contributed by atoms with Crippen LogP contribution in [0.5, 0.6) is 11.5 Å². The van der Waals surface area contributed by atoms with E-state index in [0.717, 1.165) is 11.8 Å². The lowest BCUT2D eigenvalue weighted by molar-refractivity contribution is -0.142. The van der Waals surface area contributed by atoms with Gasteiger partial charge in [0.2, 0.25) is 10.0 Å². The standard InChI is InChI=1S/C20H23NO7S/c1-26-18-10-4-14(12-19(18)27-2)5-11-20(23)28-13-17(22)15-6-8-16(9-7-15)21-29(3,24)25/h4,6-10,12,21H,5,11,13H2,1-3H3. The van der Waals surface area contributed by atoms with E-state index in [2.05, 4.69) is 4.72 Å². The topological polar surface area (TPSA) is 108 Å². The van der Waals surface area contributed by atoms with Gasteiger partial charge in [-0.05, 0) is 48.4 Å². The fraction of sp³-hybridized carbons (Fsp3) is 0.300. The lowest BCUT2D eigenvalue weighted by Crippen LogP contribution is -2.15. The molecule has 0 heterocycles. The number of ether oxygens (including phenoxy) is 3. The molecule has 156 valence electrons. The molecule has 0 unspecified atom stereocenters. The second-order valence-corrected chi connectivity index (χ2v) is 7.97. The number of benzene rings is 2. The molecule has 0 atom stereocenters. The Labute approximate surface area is 169 Å². The number of sulfonamides is 1. The van der Waals surface area contributed by atoms with E-state index in [1.807, 2.05) is 6.07 Å². The summed E-state index contributed by atoms with van der Waals surface area (Å²) in [4.78, 5) is 24.1. The minimum Gasteiger partial charge on any atom is -0.493 e. The average Bonchev–Trinajstić information content (AvgIpc) is 2.69. The molecule has 0 aliphatic heterocycles. The molecule has 2 aromatic rings. The third-order valence-electron chi connectivity index (χ3n) is 3.94. The van der Waals surface area contributed by atoms with Crippen LogP contribution in [0.4, 0.5) is 5.69 Å². The van der Waals surface area contributed by atoms with Gasteiger partial charge in [0.25, 0.3) is 0 Å². The molecular formula is C20H23NO7S. The molecule has 0 saturated carbocycles. The summed E-state index contributed by atoms with van der Waals surface area (Å²) in [7, 11) is -0.312. The number of esters is 1. The Hall–Kier alpha value is -3.07. The third kappa shape index (κ3) is 7.11. The summed E-state index contributed by atoms with van der Waals surface area (Å²) in [5.41, 5.74) is 1.53. The van der Waals surface area contributed by atoms with Crippen LogP contribution in [-0.2, 0) is 26.0 Å². The number of Topliss-reactive ketones (excluding diaryl/α,β-unsaturated/α-hetero) is 1. The number of ketones is 1. The van der Waals surface area contributed by atoms with Gasteiger partial charge in [-0.1, -0.05) is 6.07 Å². The van der Waals surface area contributed by atoms with Crippen LogP contribution in [0.25, 0.3) is 0 Å². The van der Waals surface area contributed by atoms with Crippen molar-refractivity contribution in [3.05, 3.63) is 53.6 Å². The Kier molecular flexibility index (Phi) is 7.60. The van der Waals surface area contributed by atoms with Crippen molar-refractivity contribution in [2.45, 2.75) is 12.8 Å². The summed E-state index contributed by atoms with van der Waals surface area (Å²) in [6.07, 6.45) is 1.58. The monoisotopic (exact) mass is 421 g/mol. The number of carbonyl (C=O) groups excluding carboxylic acids is 2. The van der Waals surface area contributed by atoms with Gasteiger partial charge in [-0.2, -0.15) is 0 Å². The fourth-order valence-electron chi connectivity index (χ4n) is 2.52. The van der Waals surface area contributed by atoms with Crippen molar-refractivity contribution in [2.75, 3.05) is 31.8 Å². The summed E-state index contributed by atoms with van der Waals surface area (Å²) < 4.78 is 40.1. The Morgan fingerprint density at radius 2 is 1.62 bits per heavy atom. The zero-order chi connectivity index (χ0) is 21.4. The molecule has 0 bridgehead atoms. The van der Waals surface area contributed by atoms with Gasteiger partial charge in [0, 0.05) is 17.7 Å². The van der Waals surface area contributed by atoms with Crippen LogP contribution in [0.15, 0.2) is 42.5 Å². The molecule has 0 fully saturated rings. The summed E-state index contributed by atoms with van der Waals surface area (Å²) in [6, 6.07) is 11.2. The van der Waals surface area contributed by atoms with E-state index in [0.29, 0.717) is 29.2 Å². The van der Waals surface area contributed by atoms with Crippen LogP contribution in [0.3, 0.4) is 0 Å². The highest BCUT2D eigenvalue weighted by molar-refractivity contribution is 7.92. The highest BCUT2D eigenvalue weighted by atomic mass is 32.2. The maximum atomic E-state index is 12.1. The Bertz CT molecular complexity index is 969. The molecule has 0 amide bonds. The molecule has 0 aliphatic rings.